The third-order valence-electron chi connectivity index (χ3n) is 2.16. The zero-order chi connectivity index (χ0) is 13.9. The van der Waals surface area contributed by atoms with Crippen molar-refractivity contribution in [3.63, 3.8) is 0 Å². The topological polar surface area (TPSA) is 136 Å². The summed E-state index contributed by atoms with van der Waals surface area (Å²) in [7, 11) is 0. The Kier molecular flexibility index (Phi) is 4.41. The molecule has 1 aromatic rings. The summed E-state index contributed by atoms with van der Waals surface area (Å²) in [4.78, 5) is 10.9. The number of carboxylic acids is 1. The lowest BCUT2D eigenvalue weighted by atomic mass is 10.0. The maximum Gasteiger partial charge on any atom is 0.337 e. The first-order valence-corrected chi connectivity index (χ1v) is 5.95. The molecule has 8 heteroatoms. The Bertz CT molecular complexity index is 489. The zero-order valence-electron chi connectivity index (χ0n) is 9.62. The summed E-state index contributed by atoms with van der Waals surface area (Å²) < 4.78 is 23.7. The number of anilines is 1. The summed E-state index contributed by atoms with van der Waals surface area (Å²) in [5, 5.41) is 8.90. The second-order valence-corrected chi connectivity index (χ2v) is 4.62. The van der Waals surface area contributed by atoms with Crippen molar-refractivity contribution in [1.82, 2.24) is 0 Å². The maximum atomic E-state index is 10.9. The summed E-state index contributed by atoms with van der Waals surface area (Å²) in [5.41, 5.74) is 10.4. The molecule has 1 aromatic carbocycles. The minimum Gasteiger partial charge on any atom is -0.478 e. The van der Waals surface area contributed by atoms with Crippen molar-refractivity contribution in [1.29, 1.82) is 0 Å². The number of benzene rings is 1. The van der Waals surface area contributed by atoms with Gasteiger partial charge in [0.05, 0.1) is 5.56 Å². The van der Waals surface area contributed by atoms with Crippen molar-refractivity contribution in [3.8, 4) is 0 Å². The van der Waals surface area contributed by atoms with Gasteiger partial charge in [0, 0.05) is 12.1 Å². The molecule has 0 spiro atoms. The highest BCUT2D eigenvalue weighted by molar-refractivity contribution is 7.74. The van der Waals surface area contributed by atoms with E-state index in [4.69, 9.17) is 21.1 Å². The smallest absolute Gasteiger partial charge is 0.337 e. The van der Waals surface area contributed by atoms with Gasteiger partial charge in [-0.15, -0.1) is 0 Å². The van der Waals surface area contributed by atoms with E-state index in [1.165, 1.54) is 19.1 Å². The lowest BCUT2D eigenvalue weighted by Crippen LogP contribution is -2.42. The molecule has 0 saturated heterocycles. The van der Waals surface area contributed by atoms with Crippen LogP contribution in [0.4, 0.5) is 5.69 Å². The SMILES string of the molecule is CC(N)(Cc1ccc(N)c(C(=O)O)c1)OS(=O)O. The first kappa shape index (κ1) is 14.6. The lowest BCUT2D eigenvalue weighted by Gasteiger charge is -2.22. The average molecular weight is 274 g/mol. The number of nitrogen functional groups attached to an aromatic ring is 1. The van der Waals surface area contributed by atoms with Crippen LogP contribution in [0.15, 0.2) is 18.2 Å². The lowest BCUT2D eigenvalue weighted by molar-refractivity contribution is 0.0696. The highest BCUT2D eigenvalue weighted by Gasteiger charge is 2.23. The fourth-order valence-electron chi connectivity index (χ4n) is 1.50. The molecule has 0 radical (unpaired) electrons. The summed E-state index contributed by atoms with van der Waals surface area (Å²) in [5.74, 6) is -1.15. The van der Waals surface area contributed by atoms with Crippen molar-refractivity contribution in [3.05, 3.63) is 29.3 Å². The van der Waals surface area contributed by atoms with Crippen LogP contribution in [0.5, 0.6) is 0 Å². The summed E-state index contributed by atoms with van der Waals surface area (Å²) >= 11 is -2.49. The van der Waals surface area contributed by atoms with Gasteiger partial charge in [-0.05, 0) is 24.6 Å². The van der Waals surface area contributed by atoms with E-state index in [1.54, 1.807) is 6.07 Å². The van der Waals surface area contributed by atoms with Gasteiger partial charge in [-0.1, -0.05) is 6.07 Å². The quantitative estimate of drug-likeness (QED) is 0.345. The van der Waals surface area contributed by atoms with Gasteiger partial charge in [0.15, 0.2) is 0 Å². The monoisotopic (exact) mass is 274 g/mol. The number of carboxylic acid groups (broad SMARTS) is 1. The number of nitrogens with two attached hydrogens (primary N) is 2. The molecule has 0 bridgehead atoms. The molecule has 7 nitrogen and oxygen atoms in total. The Morgan fingerprint density at radius 2 is 2.17 bits per heavy atom. The maximum absolute atomic E-state index is 10.9. The normalized spacial score (nSPS) is 15.9. The predicted octanol–water partition coefficient (Wildman–Crippen LogP) is 0.338. The Hall–Kier alpha value is -1.48. The molecule has 18 heavy (non-hydrogen) atoms. The predicted molar refractivity (Wildman–Crippen MR) is 66.0 cm³/mol. The molecule has 0 heterocycles. The molecule has 0 aliphatic rings. The highest BCUT2D eigenvalue weighted by atomic mass is 32.2. The Morgan fingerprint density at radius 3 is 2.67 bits per heavy atom. The molecule has 2 unspecified atom stereocenters. The van der Waals surface area contributed by atoms with E-state index >= 15 is 0 Å². The van der Waals surface area contributed by atoms with E-state index in [0.29, 0.717) is 5.56 Å². The average Bonchev–Trinajstić information content (AvgIpc) is 2.18. The molecule has 1 rings (SSSR count). The standard InChI is InChI=1S/C10H14N2O5S/c1-10(12,17-18(15)16)5-6-2-3-8(11)7(4-6)9(13)14/h2-4H,5,11-12H2,1H3,(H,13,14)(H,15,16). The van der Waals surface area contributed by atoms with Crippen LogP contribution in [0, 0.1) is 0 Å². The van der Waals surface area contributed by atoms with Crippen molar-refractivity contribution in [2.75, 3.05) is 5.73 Å². The van der Waals surface area contributed by atoms with Crippen LogP contribution in [0.1, 0.15) is 22.8 Å². The van der Waals surface area contributed by atoms with E-state index < -0.39 is 23.1 Å². The van der Waals surface area contributed by atoms with E-state index in [2.05, 4.69) is 4.18 Å². The molecule has 0 fully saturated rings. The zero-order valence-corrected chi connectivity index (χ0v) is 10.4. The van der Waals surface area contributed by atoms with Crippen molar-refractivity contribution in [2.24, 2.45) is 5.73 Å². The molecule has 100 valence electrons. The molecule has 2 atom stereocenters. The van der Waals surface area contributed by atoms with E-state index in [1.807, 2.05) is 0 Å². The van der Waals surface area contributed by atoms with Gasteiger partial charge in [-0.2, -0.15) is 4.21 Å². The van der Waals surface area contributed by atoms with E-state index in [9.17, 15) is 9.00 Å². The number of hydrogen-bond acceptors (Lipinski definition) is 5. The molecular formula is C10H14N2O5S. The highest BCUT2D eigenvalue weighted by Crippen LogP contribution is 2.18. The largest absolute Gasteiger partial charge is 0.478 e. The number of carbonyl (C=O) groups is 1. The first-order chi connectivity index (χ1) is 8.21. The van der Waals surface area contributed by atoms with Gasteiger partial charge in [0.2, 0.25) is 0 Å². The molecule has 0 aliphatic carbocycles. The van der Waals surface area contributed by atoms with Crippen molar-refractivity contribution in [2.45, 2.75) is 19.1 Å². The molecule has 0 aromatic heterocycles. The summed E-state index contributed by atoms with van der Waals surface area (Å²) in [6.45, 7) is 1.41. The second kappa shape index (κ2) is 5.44. The van der Waals surface area contributed by atoms with Crippen LogP contribution >= 0.6 is 0 Å². The van der Waals surface area contributed by atoms with Gasteiger partial charge < -0.3 is 16.6 Å². The molecule has 0 saturated carbocycles. The van der Waals surface area contributed by atoms with Crippen LogP contribution in [0.2, 0.25) is 0 Å². The first-order valence-electron chi connectivity index (χ1n) is 4.92. The van der Waals surface area contributed by atoms with Crippen molar-refractivity contribution >= 4 is 23.0 Å². The van der Waals surface area contributed by atoms with Crippen LogP contribution in [0.25, 0.3) is 0 Å². The van der Waals surface area contributed by atoms with Gasteiger partial charge in [-0.3, -0.25) is 4.55 Å². The van der Waals surface area contributed by atoms with Crippen LogP contribution in [0.3, 0.4) is 0 Å². The minimum atomic E-state index is -2.49. The molecular weight excluding hydrogens is 260 g/mol. The van der Waals surface area contributed by atoms with Crippen LogP contribution < -0.4 is 11.5 Å². The Morgan fingerprint density at radius 1 is 1.56 bits per heavy atom. The second-order valence-electron chi connectivity index (χ2n) is 4.02. The third-order valence-corrected chi connectivity index (χ3v) is 2.69. The number of hydrogen-bond donors (Lipinski definition) is 4. The fourth-order valence-corrected chi connectivity index (χ4v) is 1.88. The minimum absolute atomic E-state index is 0.0478. The van der Waals surface area contributed by atoms with E-state index in [0.717, 1.165) is 0 Å². The van der Waals surface area contributed by atoms with Crippen molar-refractivity contribution < 1.29 is 22.8 Å². The van der Waals surface area contributed by atoms with Crippen LogP contribution in [-0.4, -0.2) is 25.6 Å². The summed E-state index contributed by atoms with van der Waals surface area (Å²) in [6.07, 6.45) is 0.0693. The molecule has 0 aliphatic heterocycles. The van der Waals surface area contributed by atoms with E-state index in [-0.39, 0.29) is 17.7 Å². The van der Waals surface area contributed by atoms with Gasteiger partial charge in [0.1, 0.15) is 5.72 Å². The van der Waals surface area contributed by atoms with Gasteiger partial charge in [0.25, 0.3) is 0 Å². The molecule has 6 N–H and O–H groups in total. The number of rotatable bonds is 5. The van der Waals surface area contributed by atoms with Gasteiger partial charge in [-0.25, -0.2) is 8.98 Å². The Labute approximate surface area is 106 Å². The third kappa shape index (κ3) is 4.08. The molecule has 0 amide bonds. The number of aromatic carboxylic acids is 1. The summed E-state index contributed by atoms with van der Waals surface area (Å²) in [6, 6.07) is 4.37. The fraction of sp³-hybridized carbons (Fsp3) is 0.300. The van der Waals surface area contributed by atoms with Crippen LogP contribution in [-0.2, 0) is 22.0 Å². The van der Waals surface area contributed by atoms with Gasteiger partial charge >= 0.3 is 17.3 Å². The Balaban J connectivity index is 2.95.